The van der Waals surface area contributed by atoms with Gasteiger partial charge >= 0.3 is 0 Å². The first-order valence-electron chi connectivity index (χ1n) is 10.0. The summed E-state index contributed by atoms with van der Waals surface area (Å²) in [6, 6.07) is 9.05. The van der Waals surface area contributed by atoms with Gasteiger partial charge in [-0.1, -0.05) is 13.8 Å². The molecule has 170 valence electrons. The number of hydrogen-bond donors (Lipinski definition) is 2. The molecule has 1 aromatic heterocycles. The van der Waals surface area contributed by atoms with Crippen molar-refractivity contribution in [3.63, 3.8) is 0 Å². The van der Waals surface area contributed by atoms with Crippen molar-refractivity contribution in [2.75, 3.05) is 7.11 Å². The van der Waals surface area contributed by atoms with E-state index in [-0.39, 0.29) is 34.3 Å². The zero-order chi connectivity index (χ0) is 23.6. The fourth-order valence-electron chi connectivity index (χ4n) is 3.28. The molecule has 0 aliphatic rings. The van der Waals surface area contributed by atoms with Crippen LogP contribution in [0.15, 0.2) is 41.3 Å². The molecule has 3 rings (SSSR count). The summed E-state index contributed by atoms with van der Waals surface area (Å²) in [5.74, 6) is 0.325. The average molecular weight is 458 g/mol. The lowest BCUT2D eigenvalue weighted by Gasteiger charge is -2.17. The third-order valence-electron chi connectivity index (χ3n) is 4.78. The largest absolute Gasteiger partial charge is 0.768 e. The summed E-state index contributed by atoms with van der Waals surface area (Å²) < 4.78 is 29.4. The average Bonchev–Trinajstić information content (AvgIpc) is 3.17. The number of rotatable bonds is 7. The van der Waals surface area contributed by atoms with E-state index in [0.717, 1.165) is 5.56 Å². The summed E-state index contributed by atoms with van der Waals surface area (Å²) in [6.07, 6.45) is 0. The summed E-state index contributed by atoms with van der Waals surface area (Å²) in [5.41, 5.74) is 1.68. The van der Waals surface area contributed by atoms with Crippen LogP contribution in [0, 0.1) is 0 Å². The van der Waals surface area contributed by atoms with Crippen molar-refractivity contribution in [1.82, 2.24) is 20.1 Å². The molecular formula is C22H25N4O5S-. The number of amides is 1. The number of aromatic hydroxyl groups is 1. The summed E-state index contributed by atoms with van der Waals surface area (Å²) >= 11 is -2.39. The molecule has 1 heterocycles. The maximum atomic E-state index is 12.8. The molecule has 0 spiro atoms. The third-order valence-corrected chi connectivity index (χ3v) is 5.44. The van der Waals surface area contributed by atoms with Crippen LogP contribution in [-0.4, -0.2) is 47.7 Å². The highest BCUT2D eigenvalue weighted by Gasteiger charge is 2.25. The quantitative estimate of drug-likeness (QED) is 0.521. The van der Waals surface area contributed by atoms with Gasteiger partial charge in [0.25, 0.3) is 5.91 Å². The van der Waals surface area contributed by atoms with Gasteiger partial charge in [0.05, 0.1) is 12.7 Å². The Balaban J connectivity index is 2.25. The summed E-state index contributed by atoms with van der Waals surface area (Å²) in [6.45, 7) is 7.63. The van der Waals surface area contributed by atoms with E-state index in [1.54, 1.807) is 18.2 Å². The van der Waals surface area contributed by atoms with E-state index in [0.29, 0.717) is 17.0 Å². The van der Waals surface area contributed by atoms with Crippen LogP contribution in [0.2, 0.25) is 0 Å². The summed E-state index contributed by atoms with van der Waals surface area (Å²) in [4.78, 5) is 12.9. The molecule has 9 nitrogen and oxygen atoms in total. The normalized spacial score (nSPS) is 12.2. The van der Waals surface area contributed by atoms with Crippen molar-refractivity contribution in [3.05, 3.63) is 47.8 Å². The minimum absolute atomic E-state index is 0.00557. The SMILES string of the molecule is COc1cc(O)c(-c2nnc(C(=O)NC(C)C)n2-c2ccc(S(=O)[O-])cc2)cc1C(C)C. The van der Waals surface area contributed by atoms with Crippen molar-refractivity contribution in [2.24, 2.45) is 0 Å². The highest BCUT2D eigenvalue weighted by Crippen LogP contribution is 2.38. The molecule has 1 amide bonds. The number of phenols is 1. The van der Waals surface area contributed by atoms with Crippen LogP contribution in [0.3, 0.4) is 0 Å². The van der Waals surface area contributed by atoms with Crippen molar-refractivity contribution in [1.29, 1.82) is 0 Å². The van der Waals surface area contributed by atoms with Crippen LogP contribution >= 0.6 is 0 Å². The Hall–Kier alpha value is -3.24. The van der Waals surface area contributed by atoms with Gasteiger partial charge in [0.2, 0.25) is 5.82 Å². The van der Waals surface area contributed by atoms with Crippen LogP contribution in [-0.2, 0) is 11.1 Å². The molecule has 2 aromatic carbocycles. The number of nitrogens with one attached hydrogen (secondary N) is 1. The van der Waals surface area contributed by atoms with Crippen LogP contribution in [0.1, 0.15) is 49.8 Å². The fraction of sp³-hybridized carbons (Fsp3) is 0.318. The number of nitrogens with zero attached hydrogens (tertiary/aromatic N) is 3. The van der Waals surface area contributed by atoms with Gasteiger partial charge in [-0.05, 0) is 66.7 Å². The number of carbonyl (C=O) groups excluding carboxylic acids is 1. The number of carbonyl (C=O) groups is 1. The number of methoxy groups -OCH3 is 1. The van der Waals surface area contributed by atoms with Crippen LogP contribution in [0.4, 0.5) is 0 Å². The Labute approximate surface area is 188 Å². The lowest BCUT2D eigenvalue weighted by molar-refractivity contribution is 0.0930. The van der Waals surface area contributed by atoms with E-state index >= 15 is 0 Å². The highest BCUT2D eigenvalue weighted by molar-refractivity contribution is 7.79. The predicted octanol–water partition coefficient (Wildman–Crippen LogP) is 3.15. The molecule has 0 radical (unpaired) electrons. The second-order valence-electron chi connectivity index (χ2n) is 7.81. The number of aromatic nitrogens is 3. The van der Waals surface area contributed by atoms with Gasteiger partial charge in [-0.3, -0.25) is 13.6 Å². The predicted molar refractivity (Wildman–Crippen MR) is 119 cm³/mol. The van der Waals surface area contributed by atoms with Crippen LogP contribution < -0.4 is 10.1 Å². The highest BCUT2D eigenvalue weighted by atomic mass is 32.2. The molecule has 1 unspecified atom stereocenters. The first kappa shape index (κ1) is 23.4. The Morgan fingerprint density at radius 1 is 1.16 bits per heavy atom. The van der Waals surface area contributed by atoms with Crippen molar-refractivity contribution >= 4 is 17.0 Å². The number of hydrogen-bond acceptors (Lipinski definition) is 7. The molecule has 32 heavy (non-hydrogen) atoms. The molecule has 0 saturated carbocycles. The fourth-order valence-corrected chi connectivity index (χ4v) is 3.63. The zero-order valence-electron chi connectivity index (χ0n) is 18.4. The number of ether oxygens (including phenoxy) is 1. The van der Waals surface area contributed by atoms with E-state index in [9.17, 15) is 18.7 Å². The summed E-state index contributed by atoms with van der Waals surface area (Å²) in [7, 11) is 1.53. The van der Waals surface area contributed by atoms with Gasteiger partial charge in [0.1, 0.15) is 11.5 Å². The number of benzene rings is 2. The van der Waals surface area contributed by atoms with E-state index in [2.05, 4.69) is 15.5 Å². The van der Waals surface area contributed by atoms with Crippen molar-refractivity contribution in [3.8, 4) is 28.6 Å². The molecular weight excluding hydrogens is 432 g/mol. The lowest BCUT2D eigenvalue weighted by Crippen LogP contribution is -2.32. The second kappa shape index (κ2) is 9.49. The smallest absolute Gasteiger partial charge is 0.289 e. The van der Waals surface area contributed by atoms with Crippen molar-refractivity contribution < 1.29 is 23.4 Å². The van der Waals surface area contributed by atoms with Gasteiger partial charge in [-0.15, -0.1) is 10.2 Å². The first-order chi connectivity index (χ1) is 15.1. The minimum Gasteiger partial charge on any atom is -0.768 e. The van der Waals surface area contributed by atoms with Gasteiger partial charge in [-0.25, -0.2) is 0 Å². The Morgan fingerprint density at radius 2 is 1.81 bits per heavy atom. The maximum Gasteiger partial charge on any atom is 0.289 e. The van der Waals surface area contributed by atoms with Crippen LogP contribution in [0.25, 0.3) is 17.1 Å². The minimum atomic E-state index is -2.39. The molecule has 0 aliphatic heterocycles. The monoisotopic (exact) mass is 457 g/mol. The first-order valence-corrected chi connectivity index (χ1v) is 11.1. The standard InChI is InChI=1S/C22H26N4O5S/c1-12(2)16-10-17(18(27)11-19(16)31-5)20-24-25-21(22(28)23-13(3)4)26(20)14-6-8-15(9-7-14)32(29)30/h6-13,27H,1-5H3,(H,23,28)(H,29,30)/p-1. The van der Waals surface area contributed by atoms with Gasteiger partial charge < -0.3 is 19.7 Å². The van der Waals surface area contributed by atoms with Gasteiger partial charge in [-0.2, -0.15) is 0 Å². The molecule has 3 aromatic rings. The Kier molecular flexibility index (Phi) is 6.95. The zero-order valence-corrected chi connectivity index (χ0v) is 19.3. The van der Waals surface area contributed by atoms with E-state index in [4.69, 9.17) is 4.74 Å². The third kappa shape index (κ3) is 4.66. The number of phenolic OH excluding ortho intramolecular Hbond substituents is 1. The maximum absolute atomic E-state index is 12.8. The molecule has 0 bridgehead atoms. The van der Waals surface area contributed by atoms with Gasteiger partial charge in [0.15, 0.2) is 5.82 Å². The molecule has 0 fully saturated rings. The van der Waals surface area contributed by atoms with E-state index < -0.39 is 17.0 Å². The van der Waals surface area contributed by atoms with Crippen molar-refractivity contribution in [2.45, 2.75) is 44.6 Å². The van der Waals surface area contributed by atoms with E-state index in [1.807, 2.05) is 27.7 Å². The van der Waals surface area contributed by atoms with Gasteiger partial charge in [0, 0.05) is 22.7 Å². The topological polar surface area (TPSA) is 129 Å². The molecule has 0 saturated heterocycles. The Bertz CT molecular complexity index is 1160. The molecule has 10 heteroatoms. The van der Waals surface area contributed by atoms with Crippen LogP contribution in [0.5, 0.6) is 11.5 Å². The second-order valence-corrected chi connectivity index (χ2v) is 8.75. The lowest BCUT2D eigenvalue weighted by atomic mass is 9.98. The summed E-state index contributed by atoms with van der Waals surface area (Å²) in [5, 5.41) is 21.8. The Morgan fingerprint density at radius 3 is 2.34 bits per heavy atom. The van der Waals surface area contributed by atoms with E-state index in [1.165, 1.54) is 29.9 Å². The molecule has 1 atom stereocenters. The molecule has 2 N–H and O–H groups in total. The molecule has 0 aliphatic carbocycles.